The van der Waals surface area contributed by atoms with Gasteiger partial charge in [0.25, 0.3) is 0 Å². The van der Waals surface area contributed by atoms with E-state index in [1.807, 2.05) is 20.8 Å². The van der Waals surface area contributed by atoms with Gasteiger partial charge >= 0.3 is 0 Å². The van der Waals surface area contributed by atoms with E-state index in [9.17, 15) is 9.90 Å². The lowest BCUT2D eigenvalue weighted by molar-refractivity contribution is -0.118. The van der Waals surface area contributed by atoms with Gasteiger partial charge in [-0.1, -0.05) is 38.1 Å². The average molecular weight is 306 g/mol. The largest absolute Gasteiger partial charge is 0.389 e. The summed E-state index contributed by atoms with van der Waals surface area (Å²) in [6.07, 6.45) is 0.837. The Balaban J connectivity index is 2.50. The molecule has 4 nitrogen and oxygen atoms in total. The van der Waals surface area contributed by atoms with E-state index in [2.05, 4.69) is 41.8 Å². The molecule has 0 radical (unpaired) electrons. The summed E-state index contributed by atoms with van der Waals surface area (Å²) in [5, 5.41) is 16.5. The second-order valence-corrected chi connectivity index (χ2v) is 6.59. The molecule has 1 amide bonds. The molecule has 1 rings (SSSR count). The van der Waals surface area contributed by atoms with Gasteiger partial charge in [0.05, 0.1) is 5.60 Å². The van der Waals surface area contributed by atoms with Gasteiger partial charge < -0.3 is 15.7 Å². The molecule has 0 aliphatic carbocycles. The van der Waals surface area contributed by atoms with E-state index >= 15 is 0 Å². The van der Waals surface area contributed by atoms with E-state index in [1.54, 1.807) is 0 Å². The molecule has 0 bridgehead atoms. The number of aliphatic hydroxyl groups is 1. The number of amides is 1. The molecular weight excluding hydrogens is 276 g/mol. The maximum atomic E-state index is 10.8. The van der Waals surface area contributed by atoms with Crippen LogP contribution in [0.25, 0.3) is 0 Å². The van der Waals surface area contributed by atoms with Crippen molar-refractivity contribution in [1.82, 2.24) is 10.6 Å². The topological polar surface area (TPSA) is 61.4 Å². The van der Waals surface area contributed by atoms with Crippen LogP contribution in [0.2, 0.25) is 0 Å². The van der Waals surface area contributed by atoms with Crippen molar-refractivity contribution in [3.63, 3.8) is 0 Å². The minimum Gasteiger partial charge on any atom is -0.389 e. The van der Waals surface area contributed by atoms with Crippen LogP contribution in [0.3, 0.4) is 0 Å². The summed E-state index contributed by atoms with van der Waals surface area (Å²) in [6.45, 7) is 10.8. The van der Waals surface area contributed by atoms with Gasteiger partial charge in [-0.05, 0) is 37.3 Å². The van der Waals surface area contributed by atoms with Gasteiger partial charge in [0.1, 0.15) is 0 Å². The summed E-state index contributed by atoms with van der Waals surface area (Å²) >= 11 is 0. The van der Waals surface area contributed by atoms with Crippen molar-refractivity contribution in [2.75, 3.05) is 13.1 Å². The van der Waals surface area contributed by atoms with E-state index in [0.29, 0.717) is 13.1 Å². The molecule has 1 aromatic rings. The minimum absolute atomic E-state index is 0.00615. The third-order valence-corrected chi connectivity index (χ3v) is 4.28. The third kappa shape index (κ3) is 6.16. The fourth-order valence-corrected chi connectivity index (χ4v) is 2.04. The predicted octanol–water partition coefficient (Wildman–Crippen LogP) is 2.42. The Morgan fingerprint density at radius 3 is 2.32 bits per heavy atom. The molecule has 0 heterocycles. The first kappa shape index (κ1) is 18.7. The van der Waals surface area contributed by atoms with Crippen LogP contribution in [0.15, 0.2) is 24.3 Å². The lowest BCUT2D eigenvalue weighted by Gasteiger charge is -2.29. The van der Waals surface area contributed by atoms with Crippen molar-refractivity contribution < 1.29 is 9.90 Å². The summed E-state index contributed by atoms with van der Waals surface area (Å²) in [5.41, 5.74) is 1.70. The first-order chi connectivity index (χ1) is 10.2. The lowest BCUT2D eigenvalue weighted by atomic mass is 9.92. The van der Waals surface area contributed by atoms with Crippen LogP contribution >= 0.6 is 0 Å². The molecule has 0 saturated carbocycles. The van der Waals surface area contributed by atoms with Gasteiger partial charge in [-0.2, -0.15) is 0 Å². The van der Waals surface area contributed by atoms with Gasteiger partial charge in [-0.25, -0.2) is 0 Å². The SMILES string of the molecule is CC(=O)NCCc1ccc(C(C)NCC(C)(O)C(C)C)cc1. The number of hydrogen-bond acceptors (Lipinski definition) is 3. The Morgan fingerprint density at radius 1 is 1.23 bits per heavy atom. The van der Waals surface area contributed by atoms with Gasteiger partial charge in [-0.15, -0.1) is 0 Å². The highest BCUT2D eigenvalue weighted by atomic mass is 16.3. The van der Waals surface area contributed by atoms with Crippen molar-refractivity contribution >= 4 is 5.91 Å². The minimum atomic E-state index is -0.702. The number of benzene rings is 1. The zero-order chi connectivity index (χ0) is 16.8. The maximum Gasteiger partial charge on any atom is 0.216 e. The lowest BCUT2D eigenvalue weighted by Crippen LogP contribution is -2.42. The fraction of sp³-hybridized carbons (Fsp3) is 0.611. The van der Waals surface area contributed by atoms with Crippen molar-refractivity contribution in [3.05, 3.63) is 35.4 Å². The van der Waals surface area contributed by atoms with Gasteiger partial charge in [0.15, 0.2) is 0 Å². The molecule has 2 unspecified atom stereocenters. The van der Waals surface area contributed by atoms with E-state index in [4.69, 9.17) is 0 Å². The van der Waals surface area contributed by atoms with Crippen LogP contribution in [-0.4, -0.2) is 29.7 Å². The Bertz CT molecular complexity index is 466. The quantitative estimate of drug-likeness (QED) is 0.691. The normalized spacial score (nSPS) is 15.4. The highest BCUT2D eigenvalue weighted by molar-refractivity contribution is 5.72. The van der Waals surface area contributed by atoms with E-state index in [-0.39, 0.29) is 17.9 Å². The molecular formula is C18H30N2O2. The molecule has 22 heavy (non-hydrogen) atoms. The third-order valence-electron chi connectivity index (χ3n) is 4.28. The number of carbonyl (C=O) groups excluding carboxylic acids is 1. The Labute approximate surface area is 134 Å². The van der Waals surface area contributed by atoms with Crippen LogP contribution in [-0.2, 0) is 11.2 Å². The molecule has 0 spiro atoms. The Morgan fingerprint density at radius 2 is 1.82 bits per heavy atom. The monoisotopic (exact) mass is 306 g/mol. The maximum absolute atomic E-state index is 10.8. The fourth-order valence-electron chi connectivity index (χ4n) is 2.04. The summed E-state index contributed by atoms with van der Waals surface area (Å²) in [6, 6.07) is 8.58. The van der Waals surface area contributed by atoms with Crippen molar-refractivity contribution in [3.8, 4) is 0 Å². The van der Waals surface area contributed by atoms with Crippen molar-refractivity contribution in [2.45, 2.75) is 52.7 Å². The molecule has 0 fully saturated rings. The summed E-state index contributed by atoms with van der Waals surface area (Å²) in [4.78, 5) is 10.8. The molecule has 124 valence electrons. The molecule has 3 N–H and O–H groups in total. The zero-order valence-electron chi connectivity index (χ0n) is 14.4. The number of nitrogens with one attached hydrogen (secondary N) is 2. The highest BCUT2D eigenvalue weighted by Crippen LogP contribution is 2.18. The van der Waals surface area contributed by atoms with Crippen LogP contribution in [0.4, 0.5) is 0 Å². The van der Waals surface area contributed by atoms with Crippen molar-refractivity contribution in [1.29, 1.82) is 0 Å². The first-order valence-corrected chi connectivity index (χ1v) is 8.01. The molecule has 0 aliphatic rings. The van der Waals surface area contributed by atoms with Gasteiger partial charge in [0.2, 0.25) is 5.91 Å². The van der Waals surface area contributed by atoms with Crippen LogP contribution in [0, 0.1) is 5.92 Å². The zero-order valence-corrected chi connectivity index (χ0v) is 14.4. The van der Waals surface area contributed by atoms with E-state index in [0.717, 1.165) is 6.42 Å². The summed E-state index contributed by atoms with van der Waals surface area (Å²) in [7, 11) is 0. The number of carbonyl (C=O) groups is 1. The van der Waals surface area contributed by atoms with E-state index < -0.39 is 5.60 Å². The second-order valence-electron chi connectivity index (χ2n) is 6.59. The van der Waals surface area contributed by atoms with Crippen LogP contribution in [0.5, 0.6) is 0 Å². The molecule has 4 heteroatoms. The van der Waals surface area contributed by atoms with Gasteiger partial charge in [-0.3, -0.25) is 4.79 Å². The predicted molar refractivity (Wildman–Crippen MR) is 90.7 cm³/mol. The molecule has 0 saturated heterocycles. The molecule has 0 aliphatic heterocycles. The molecule has 1 aromatic carbocycles. The Kier molecular flexibility index (Phi) is 7.04. The average Bonchev–Trinajstić information content (AvgIpc) is 2.45. The van der Waals surface area contributed by atoms with Crippen LogP contribution < -0.4 is 10.6 Å². The summed E-state index contributed by atoms with van der Waals surface area (Å²) in [5.74, 6) is 0.218. The Hall–Kier alpha value is -1.39. The standard InChI is InChI=1S/C18H30N2O2/c1-13(2)18(5,22)12-20-14(3)17-8-6-16(7-9-17)10-11-19-15(4)21/h6-9,13-14,20,22H,10-12H2,1-5H3,(H,19,21). The number of rotatable bonds is 8. The molecule has 0 aromatic heterocycles. The van der Waals surface area contributed by atoms with Crippen molar-refractivity contribution in [2.24, 2.45) is 5.92 Å². The van der Waals surface area contributed by atoms with Gasteiger partial charge in [0, 0.05) is 26.1 Å². The number of hydrogen-bond donors (Lipinski definition) is 3. The van der Waals surface area contributed by atoms with Crippen LogP contribution in [0.1, 0.15) is 51.8 Å². The van der Waals surface area contributed by atoms with E-state index in [1.165, 1.54) is 18.1 Å². The highest BCUT2D eigenvalue weighted by Gasteiger charge is 2.25. The molecule has 2 atom stereocenters. The smallest absolute Gasteiger partial charge is 0.216 e. The summed E-state index contributed by atoms with van der Waals surface area (Å²) < 4.78 is 0. The second kappa shape index (κ2) is 8.30. The first-order valence-electron chi connectivity index (χ1n) is 8.01.